The molecule has 1 fully saturated rings. The first-order valence-corrected chi connectivity index (χ1v) is 10.8. The van der Waals surface area contributed by atoms with Crippen LogP contribution in [0.5, 0.6) is 5.75 Å². The average Bonchev–Trinajstić information content (AvgIpc) is 2.76. The maximum Gasteiger partial charge on any atom is 0.279 e. The van der Waals surface area contributed by atoms with E-state index in [2.05, 4.69) is 17.7 Å². The molecule has 1 aliphatic carbocycles. The molecule has 1 atom stereocenters. The van der Waals surface area contributed by atoms with Crippen LogP contribution in [-0.4, -0.2) is 38.1 Å². The van der Waals surface area contributed by atoms with Gasteiger partial charge in [0, 0.05) is 5.69 Å². The van der Waals surface area contributed by atoms with E-state index in [1.54, 1.807) is 30.3 Å². The summed E-state index contributed by atoms with van der Waals surface area (Å²) in [6, 6.07) is 14.9. The van der Waals surface area contributed by atoms with Crippen LogP contribution in [0.25, 0.3) is 0 Å². The molecule has 0 radical (unpaired) electrons. The zero-order chi connectivity index (χ0) is 21.3. The van der Waals surface area contributed by atoms with E-state index in [0.29, 0.717) is 36.1 Å². The van der Waals surface area contributed by atoms with Crippen LogP contribution >= 0.6 is 0 Å². The van der Waals surface area contributed by atoms with Gasteiger partial charge in [-0.25, -0.2) is 0 Å². The fraction of sp³-hybridized carbons (Fsp3) is 0.417. The van der Waals surface area contributed by atoms with Gasteiger partial charge in [-0.2, -0.15) is 0 Å². The van der Waals surface area contributed by atoms with Crippen molar-refractivity contribution >= 4 is 23.2 Å². The minimum absolute atomic E-state index is 0.0700. The molecule has 160 valence electrons. The van der Waals surface area contributed by atoms with E-state index in [-0.39, 0.29) is 11.8 Å². The monoisotopic (exact) mass is 410 g/mol. The Labute approximate surface area is 178 Å². The molecule has 30 heavy (non-hydrogen) atoms. The van der Waals surface area contributed by atoms with Crippen LogP contribution in [0.3, 0.4) is 0 Å². The quantitative estimate of drug-likeness (QED) is 0.626. The number of para-hydroxylation sites is 1. The summed E-state index contributed by atoms with van der Waals surface area (Å²) in [4.78, 5) is 26.7. The zero-order valence-electron chi connectivity index (χ0n) is 17.9. The van der Waals surface area contributed by atoms with Gasteiger partial charge in [0.25, 0.3) is 11.8 Å². The fourth-order valence-electron chi connectivity index (χ4n) is 3.98. The second-order valence-electron chi connectivity index (χ2n) is 7.86. The highest BCUT2D eigenvalue weighted by molar-refractivity contribution is 6.10. The molecular formula is C24H32N3O3+. The minimum Gasteiger partial charge on any atom is -0.494 e. The molecule has 0 aromatic heterocycles. The first-order valence-electron chi connectivity index (χ1n) is 10.8. The Morgan fingerprint density at radius 2 is 1.70 bits per heavy atom. The molecule has 3 N–H and O–H groups in total. The van der Waals surface area contributed by atoms with Gasteiger partial charge in [-0.05, 0) is 69.0 Å². The summed E-state index contributed by atoms with van der Waals surface area (Å²) < 4.78 is 5.43. The molecule has 1 unspecified atom stereocenters. The van der Waals surface area contributed by atoms with Crippen LogP contribution < -0.4 is 20.3 Å². The lowest BCUT2D eigenvalue weighted by Gasteiger charge is -2.27. The number of nitrogens with one attached hydrogen (secondary N) is 3. The Balaban J connectivity index is 1.61. The number of carbonyl (C=O) groups excluding carboxylic acids is 2. The van der Waals surface area contributed by atoms with E-state index in [1.165, 1.54) is 37.0 Å². The van der Waals surface area contributed by atoms with Crippen LogP contribution in [0.4, 0.5) is 11.4 Å². The summed E-state index contributed by atoms with van der Waals surface area (Å²) in [6.45, 7) is 2.92. The highest BCUT2D eigenvalue weighted by Gasteiger charge is 2.24. The maximum atomic E-state index is 12.8. The first kappa shape index (κ1) is 21.8. The first-order chi connectivity index (χ1) is 14.6. The van der Waals surface area contributed by atoms with Crippen molar-refractivity contribution in [3.8, 4) is 5.75 Å². The van der Waals surface area contributed by atoms with Crippen LogP contribution in [0.1, 0.15) is 49.4 Å². The smallest absolute Gasteiger partial charge is 0.279 e. The maximum absolute atomic E-state index is 12.8. The van der Waals surface area contributed by atoms with Crippen LogP contribution in [-0.2, 0) is 4.79 Å². The second-order valence-corrected chi connectivity index (χ2v) is 7.86. The molecule has 1 saturated carbocycles. The molecule has 1 aliphatic rings. The van der Waals surface area contributed by atoms with Crippen molar-refractivity contribution in [3.63, 3.8) is 0 Å². The van der Waals surface area contributed by atoms with E-state index < -0.39 is 0 Å². The number of amides is 2. The van der Waals surface area contributed by atoms with E-state index in [9.17, 15) is 9.59 Å². The lowest BCUT2D eigenvalue weighted by Crippen LogP contribution is -3.14. The molecular weight excluding hydrogens is 378 g/mol. The standard InChI is InChI=1S/C24H31N3O3/c1-3-30-20-15-13-18(14-16-20)25-24(29)21-11-7-8-12-22(21)26-23(28)17-27(2)19-9-5-4-6-10-19/h7-8,11-16,19H,3-6,9-10,17H2,1-2H3,(H,25,29)(H,26,28)/p+1. The predicted octanol–water partition coefficient (Wildman–Crippen LogP) is 3.12. The summed E-state index contributed by atoms with van der Waals surface area (Å²) >= 11 is 0. The molecule has 6 nitrogen and oxygen atoms in total. The Morgan fingerprint density at radius 1 is 1.00 bits per heavy atom. The fourth-order valence-corrected chi connectivity index (χ4v) is 3.98. The lowest BCUT2D eigenvalue weighted by molar-refractivity contribution is -0.899. The molecule has 0 aliphatic heterocycles. The Morgan fingerprint density at radius 3 is 2.40 bits per heavy atom. The molecule has 2 aromatic rings. The number of quaternary nitrogens is 1. The third-order valence-corrected chi connectivity index (χ3v) is 5.61. The highest BCUT2D eigenvalue weighted by atomic mass is 16.5. The number of benzene rings is 2. The largest absolute Gasteiger partial charge is 0.494 e. The molecule has 0 spiro atoms. The second kappa shape index (κ2) is 10.8. The van der Waals surface area contributed by atoms with E-state index in [4.69, 9.17) is 4.74 Å². The molecule has 2 amide bonds. The summed E-state index contributed by atoms with van der Waals surface area (Å²) in [7, 11) is 2.08. The molecule has 3 rings (SSSR count). The van der Waals surface area contributed by atoms with Crippen molar-refractivity contribution in [2.75, 3.05) is 30.8 Å². The van der Waals surface area contributed by atoms with Crippen LogP contribution in [0.2, 0.25) is 0 Å². The summed E-state index contributed by atoms with van der Waals surface area (Å²) in [5.41, 5.74) is 1.64. The number of rotatable bonds is 8. The Hall–Kier alpha value is -2.86. The number of hydrogen-bond donors (Lipinski definition) is 3. The number of likely N-dealkylation sites (N-methyl/N-ethyl adjacent to an activating group) is 1. The van der Waals surface area contributed by atoms with Crippen LogP contribution in [0.15, 0.2) is 48.5 Å². The van der Waals surface area contributed by atoms with Gasteiger partial charge in [0.05, 0.1) is 30.9 Å². The van der Waals surface area contributed by atoms with Crippen molar-refractivity contribution in [2.24, 2.45) is 0 Å². The SMILES string of the molecule is CCOc1ccc(NC(=O)c2ccccc2NC(=O)C[NH+](C)C2CCCCC2)cc1. The molecule has 0 saturated heterocycles. The molecule has 2 aromatic carbocycles. The summed E-state index contributed by atoms with van der Waals surface area (Å²) in [5, 5.41) is 5.82. The number of anilines is 2. The summed E-state index contributed by atoms with van der Waals surface area (Å²) in [5.74, 6) is 0.426. The van der Waals surface area contributed by atoms with E-state index >= 15 is 0 Å². The average molecular weight is 411 g/mol. The number of hydrogen-bond acceptors (Lipinski definition) is 3. The van der Waals surface area contributed by atoms with Gasteiger partial charge < -0.3 is 20.3 Å². The van der Waals surface area contributed by atoms with Crippen molar-refractivity contribution < 1.29 is 19.2 Å². The lowest BCUT2D eigenvalue weighted by atomic mass is 9.94. The third-order valence-electron chi connectivity index (χ3n) is 5.61. The third kappa shape index (κ3) is 6.07. The number of carbonyl (C=O) groups is 2. The minimum atomic E-state index is -0.261. The van der Waals surface area contributed by atoms with Gasteiger partial charge in [0.15, 0.2) is 6.54 Å². The normalized spacial score (nSPS) is 15.3. The van der Waals surface area contributed by atoms with Gasteiger partial charge in [0.2, 0.25) is 0 Å². The van der Waals surface area contributed by atoms with E-state index in [1.807, 2.05) is 25.1 Å². The molecule has 0 heterocycles. The topological polar surface area (TPSA) is 71.9 Å². The van der Waals surface area contributed by atoms with Gasteiger partial charge in [0.1, 0.15) is 5.75 Å². The van der Waals surface area contributed by atoms with E-state index in [0.717, 1.165) is 5.75 Å². The van der Waals surface area contributed by atoms with Crippen LogP contribution in [0, 0.1) is 0 Å². The predicted molar refractivity (Wildman–Crippen MR) is 119 cm³/mol. The van der Waals surface area contributed by atoms with Gasteiger partial charge in [-0.3, -0.25) is 9.59 Å². The summed E-state index contributed by atoms with van der Waals surface area (Å²) in [6.07, 6.45) is 6.16. The zero-order valence-corrected chi connectivity index (χ0v) is 17.9. The number of ether oxygens (including phenoxy) is 1. The van der Waals surface area contributed by atoms with Crippen molar-refractivity contribution in [3.05, 3.63) is 54.1 Å². The Bertz CT molecular complexity index is 845. The highest BCUT2D eigenvalue weighted by Crippen LogP contribution is 2.20. The van der Waals surface area contributed by atoms with Gasteiger partial charge in [-0.15, -0.1) is 0 Å². The molecule has 6 heteroatoms. The van der Waals surface area contributed by atoms with Gasteiger partial charge >= 0.3 is 0 Å². The van der Waals surface area contributed by atoms with Crippen molar-refractivity contribution in [1.29, 1.82) is 0 Å². The van der Waals surface area contributed by atoms with Crippen molar-refractivity contribution in [1.82, 2.24) is 0 Å². The van der Waals surface area contributed by atoms with Crippen molar-refractivity contribution in [2.45, 2.75) is 45.1 Å². The Kier molecular flexibility index (Phi) is 7.85. The van der Waals surface area contributed by atoms with Gasteiger partial charge in [-0.1, -0.05) is 18.6 Å². The molecule has 0 bridgehead atoms.